The van der Waals surface area contributed by atoms with Gasteiger partial charge >= 0.3 is 12.4 Å². The topological polar surface area (TPSA) is 0 Å². The van der Waals surface area contributed by atoms with Crippen molar-refractivity contribution in [1.29, 1.82) is 0 Å². The van der Waals surface area contributed by atoms with Gasteiger partial charge in [-0.2, -0.15) is 26.3 Å². The Hall–Kier alpha value is -4.16. The molecule has 0 bridgehead atoms. The van der Waals surface area contributed by atoms with Crippen LogP contribution in [0.1, 0.15) is 33.4 Å². The second-order valence-corrected chi connectivity index (χ2v) is 7.36. The Balaban J connectivity index is 1.64. The number of rotatable bonds is 0. The molecule has 0 saturated heterocycles. The zero-order valence-electron chi connectivity index (χ0n) is 17.4. The van der Waals surface area contributed by atoms with E-state index in [1.807, 2.05) is 12.1 Å². The highest BCUT2D eigenvalue weighted by Crippen LogP contribution is 2.30. The lowest BCUT2D eigenvalue weighted by Gasteiger charge is -2.05. The fourth-order valence-electron chi connectivity index (χ4n) is 3.29. The lowest BCUT2D eigenvalue weighted by atomic mass is 10.00. The van der Waals surface area contributed by atoms with Crippen LogP contribution in [-0.4, -0.2) is 0 Å². The summed E-state index contributed by atoms with van der Waals surface area (Å²) < 4.78 is 76.4. The molecule has 0 atom stereocenters. The highest BCUT2D eigenvalue weighted by Gasteiger charge is 2.30. The fourth-order valence-corrected chi connectivity index (χ4v) is 3.29. The van der Waals surface area contributed by atoms with Gasteiger partial charge in [0.05, 0.1) is 11.1 Å². The largest absolute Gasteiger partial charge is 0.416 e. The summed E-state index contributed by atoms with van der Waals surface area (Å²) in [7, 11) is 0. The summed E-state index contributed by atoms with van der Waals surface area (Å²) in [5.74, 6) is 11.8. The number of fused-ring (bicyclic) bond motifs is 1. The van der Waals surface area contributed by atoms with E-state index in [0.29, 0.717) is 22.3 Å². The maximum atomic E-state index is 12.7. The SMILES string of the molecule is FC(F)(F)c1ccc(C#Cc2cccc3c(C#Cc4ccc(C(F)(F)F)cc4)cccc23)cc1. The molecule has 0 radical (unpaired) electrons. The standard InChI is InChI=1S/C28H14F6/c29-27(30,31)23-15-9-19(10-16-23)7-13-21-3-1-5-25-22(4-2-6-26(21)25)14-8-20-11-17-24(18-12-20)28(32,33)34/h1-6,9-12,15-18H. The first-order chi connectivity index (χ1) is 16.1. The van der Waals surface area contributed by atoms with E-state index in [0.717, 1.165) is 35.0 Å². The molecule has 4 aromatic carbocycles. The van der Waals surface area contributed by atoms with Crippen LogP contribution >= 0.6 is 0 Å². The summed E-state index contributed by atoms with van der Waals surface area (Å²) >= 11 is 0. The molecule has 0 aromatic heterocycles. The van der Waals surface area contributed by atoms with E-state index in [1.54, 1.807) is 24.3 Å². The minimum absolute atomic E-state index is 0.447. The summed E-state index contributed by atoms with van der Waals surface area (Å²) in [4.78, 5) is 0. The van der Waals surface area contributed by atoms with E-state index >= 15 is 0 Å². The minimum Gasteiger partial charge on any atom is -0.166 e. The third kappa shape index (κ3) is 5.24. The van der Waals surface area contributed by atoms with Crippen LogP contribution in [0.4, 0.5) is 26.3 Å². The lowest BCUT2D eigenvalue weighted by molar-refractivity contribution is -0.138. The molecular formula is C28H14F6. The Kier molecular flexibility index (Phi) is 6.09. The van der Waals surface area contributed by atoms with Crippen LogP contribution in [0.15, 0.2) is 84.9 Å². The van der Waals surface area contributed by atoms with Gasteiger partial charge in [0.2, 0.25) is 0 Å². The van der Waals surface area contributed by atoms with Gasteiger partial charge in [-0.3, -0.25) is 0 Å². The van der Waals surface area contributed by atoms with Gasteiger partial charge in [0.15, 0.2) is 0 Å². The number of alkyl halides is 6. The van der Waals surface area contributed by atoms with Gasteiger partial charge in [0.1, 0.15) is 0 Å². The van der Waals surface area contributed by atoms with Crippen molar-refractivity contribution < 1.29 is 26.3 Å². The van der Waals surface area contributed by atoms with Gasteiger partial charge in [-0.05, 0) is 71.4 Å². The van der Waals surface area contributed by atoms with Crippen LogP contribution in [-0.2, 0) is 12.4 Å². The molecule has 4 rings (SSSR count). The zero-order chi connectivity index (χ0) is 24.3. The molecule has 4 aromatic rings. The predicted octanol–water partition coefficient (Wildman–Crippen LogP) is 7.68. The van der Waals surface area contributed by atoms with Crippen LogP contribution in [0.5, 0.6) is 0 Å². The second-order valence-electron chi connectivity index (χ2n) is 7.36. The van der Waals surface area contributed by atoms with E-state index in [4.69, 9.17) is 0 Å². The summed E-state index contributed by atoms with van der Waals surface area (Å²) in [6.07, 6.45) is -8.81. The number of hydrogen-bond donors (Lipinski definition) is 0. The number of hydrogen-bond acceptors (Lipinski definition) is 0. The van der Waals surface area contributed by atoms with Crippen molar-refractivity contribution >= 4 is 10.8 Å². The predicted molar refractivity (Wildman–Crippen MR) is 119 cm³/mol. The van der Waals surface area contributed by atoms with Crippen molar-refractivity contribution in [2.24, 2.45) is 0 Å². The van der Waals surface area contributed by atoms with Crippen molar-refractivity contribution in [3.8, 4) is 23.7 Å². The third-order valence-corrected chi connectivity index (χ3v) is 5.03. The minimum atomic E-state index is -4.40. The van der Waals surface area contributed by atoms with Crippen molar-refractivity contribution in [1.82, 2.24) is 0 Å². The summed E-state index contributed by atoms with van der Waals surface area (Å²) in [6.45, 7) is 0. The van der Waals surface area contributed by atoms with Gasteiger partial charge in [-0.15, -0.1) is 0 Å². The molecule has 0 unspecified atom stereocenters. The second kappa shape index (κ2) is 9.00. The average molecular weight is 464 g/mol. The van der Waals surface area contributed by atoms with Gasteiger partial charge in [-0.25, -0.2) is 0 Å². The van der Waals surface area contributed by atoms with E-state index in [9.17, 15) is 26.3 Å². The summed E-state index contributed by atoms with van der Waals surface area (Å²) in [5, 5.41) is 1.61. The Morgan fingerprint density at radius 3 is 1.09 bits per heavy atom. The molecule has 0 N–H and O–H groups in total. The molecule has 6 heteroatoms. The van der Waals surface area contributed by atoms with E-state index < -0.39 is 23.5 Å². The zero-order valence-corrected chi connectivity index (χ0v) is 17.4. The quantitative estimate of drug-likeness (QED) is 0.185. The summed E-state index contributed by atoms with van der Waals surface area (Å²) in [5.41, 5.74) is 0.775. The summed E-state index contributed by atoms with van der Waals surface area (Å²) in [6, 6.07) is 20.1. The highest BCUT2D eigenvalue weighted by atomic mass is 19.4. The van der Waals surface area contributed by atoms with E-state index in [1.165, 1.54) is 24.3 Å². The first-order valence-electron chi connectivity index (χ1n) is 10.0. The molecule has 0 aliphatic rings. The van der Waals surface area contributed by atoms with Gasteiger partial charge in [0.25, 0.3) is 0 Å². The number of halogens is 6. The van der Waals surface area contributed by atoms with Crippen molar-refractivity contribution in [2.45, 2.75) is 12.4 Å². The Labute approximate surface area is 191 Å². The molecule has 0 fully saturated rings. The Bertz CT molecular complexity index is 1340. The average Bonchev–Trinajstić information content (AvgIpc) is 2.80. The van der Waals surface area contributed by atoms with Gasteiger partial charge < -0.3 is 0 Å². The van der Waals surface area contributed by atoms with Crippen molar-refractivity contribution in [3.63, 3.8) is 0 Å². The van der Waals surface area contributed by atoms with Crippen molar-refractivity contribution in [3.05, 3.63) is 118 Å². The molecule has 0 saturated carbocycles. The fraction of sp³-hybridized carbons (Fsp3) is 0.0714. The van der Waals surface area contributed by atoms with Crippen LogP contribution < -0.4 is 0 Å². The van der Waals surface area contributed by atoms with Crippen LogP contribution in [0, 0.1) is 23.7 Å². The van der Waals surface area contributed by atoms with Crippen LogP contribution in [0.25, 0.3) is 10.8 Å². The maximum Gasteiger partial charge on any atom is 0.416 e. The smallest absolute Gasteiger partial charge is 0.166 e. The maximum absolute atomic E-state index is 12.7. The van der Waals surface area contributed by atoms with Crippen molar-refractivity contribution in [2.75, 3.05) is 0 Å². The number of benzene rings is 4. The first-order valence-corrected chi connectivity index (χ1v) is 10.0. The molecule has 0 nitrogen and oxygen atoms in total. The third-order valence-electron chi connectivity index (χ3n) is 5.03. The normalized spacial score (nSPS) is 11.4. The molecule has 0 amide bonds. The molecule has 168 valence electrons. The lowest BCUT2D eigenvalue weighted by Crippen LogP contribution is -2.04. The molecule has 0 aliphatic carbocycles. The monoisotopic (exact) mass is 464 g/mol. The van der Waals surface area contributed by atoms with E-state index in [2.05, 4.69) is 23.7 Å². The molecular weight excluding hydrogens is 450 g/mol. The van der Waals surface area contributed by atoms with Gasteiger partial charge in [0, 0.05) is 22.3 Å². The van der Waals surface area contributed by atoms with Gasteiger partial charge in [-0.1, -0.05) is 47.9 Å². The van der Waals surface area contributed by atoms with Crippen LogP contribution in [0.2, 0.25) is 0 Å². The van der Waals surface area contributed by atoms with E-state index in [-0.39, 0.29) is 0 Å². The Morgan fingerprint density at radius 1 is 0.412 bits per heavy atom. The van der Waals surface area contributed by atoms with Crippen LogP contribution in [0.3, 0.4) is 0 Å². The molecule has 34 heavy (non-hydrogen) atoms. The Morgan fingerprint density at radius 2 is 0.765 bits per heavy atom. The molecule has 0 aliphatic heterocycles. The first kappa shape index (κ1) is 23.0. The molecule has 0 spiro atoms. The highest BCUT2D eigenvalue weighted by molar-refractivity contribution is 5.92. The molecule has 0 heterocycles.